The summed E-state index contributed by atoms with van der Waals surface area (Å²) in [5, 5.41) is 0.175. The molecule has 2 fully saturated rings. The van der Waals surface area contributed by atoms with Crippen LogP contribution in [0.4, 0.5) is 14.9 Å². The molecule has 0 bridgehead atoms. The van der Waals surface area contributed by atoms with Gasteiger partial charge in [0.15, 0.2) is 0 Å². The van der Waals surface area contributed by atoms with Crippen LogP contribution in [0, 0.1) is 12.7 Å². The van der Waals surface area contributed by atoms with Crippen LogP contribution in [0.1, 0.15) is 62.6 Å². The number of ether oxygens (including phenoxy) is 2. The molecule has 1 aromatic carbocycles. The summed E-state index contributed by atoms with van der Waals surface area (Å²) in [5.41, 5.74) is 0.427. The minimum atomic E-state index is -0.677. The standard InChI is InChI=1S/C25H32FN3O5/c1-6-33-23(31)21-15(2)29(16-7-8-16)19-14-20(18(26)13-17(19)22(21)30)27-9-11-28(12-10-27)24(32)34-25(3,4)5/h13-14,16H,6-12H2,1-5H3. The Bertz CT molecular complexity index is 1190. The van der Waals surface area contributed by atoms with Gasteiger partial charge in [-0.2, -0.15) is 0 Å². The molecule has 0 N–H and O–H groups in total. The van der Waals surface area contributed by atoms with Gasteiger partial charge in [-0.25, -0.2) is 14.0 Å². The van der Waals surface area contributed by atoms with Crippen LogP contribution in [0.2, 0.25) is 0 Å². The Kier molecular flexibility index (Phi) is 6.31. The maximum Gasteiger partial charge on any atom is 0.410 e. The van der Waals surface area contributed by atoms with Crippen molar-refractivity contribution in [3.63, 3.8) is 0 Å². The van der Waals surface area contributed by atoms with E-state index < -0.39 is 22.8 Å². The fourth-order valence-electron chi connectivity index (χ4n) is 4.48. The first-order chi connectivity index (χ1) is 16.0. The molecule has 1 aromatic heterocycles. The van der Waals surface area contributed by atoms with Crippen molar-refractivity contribution in [3.8, 4) is 0 Å². The zero-order valence-electron chi connectivity index (χ0n) is 20.4. The van der Waals surface area contributed by atoms with Crippen LogP contribution in [0.25, 0.3) is 10.9 Å². The zero-order valence-corrected chi connectivity index (χ0v) is 20.4. The van der Waals surface area contributed by atoms with Crippen molar-refractivity contribution in [1.29, 1.82) is 0 Å². The summed E-state index contributed by atoms with van der Waals surface area (Å²) in [5.74, 6) is -1.21. The minimum absolute atomic E-state index is 0.0284. The first-order valence-electron chi connectivity index (χ1n) is 11.8. The third-order valence-corrected chi connectivity index (χ3v) is 6.18. The topological polar surface area (TPSA) is 81.1 Å². The fourth-order valence-corrected chi connectivity index (χ4v) is 4.48. The Morgan fingerprint density at radius 2 is 1.76 bits per heavy atom. The van der Waals surface area contributed by atoms with E-state index in [-0.39, 0.29) is 29.7 Å². The third-order valence-electron chi connectivity index (χ3n) is 6.18. The Morgan fingerprint density at radius 3 is 2.32 bits per heavy atom. The molecule has 0 atom stereocenters. The van der Waals surface area contributed by atoms with Crippen molar-refractivity contribution >= 4 is 28.7 Å². The van der Waals surface area contributed by atoms with Crippen LogP contribution in [0.5, 0.6) is 0 Å². The van der Waals surface area contributed by atoms with Crippen LogP contribution < -0.4 is 10.3 Å². The maximum absolute atomic E-state index is 15.3. The number of benzene rings is 1. The molecular weight excluding hydrogens is 441 g/mol. The van der Waals surface area contributed by atoms with E-state index in [1.54, 1.807) is 24.8 Å². The van der Waals surface area contributed by atoms with Gasteiger partial charge in [0.2, 0.25) is 5.43 Å². The molecule has 1 saturated carbocycles. The van der Waals surface area contributed by atoms with Gasteiger partial charge in [0.25, 0.3) is 0 Å². The molecule has 1 aliphatic carbocycles. The summed E-state index contributed by atoms with van der Waals surface area (Å²) in [7, 11) is 0. The molecule has 1 saturated heterocycles. The SMILES string of the molecule is CCOC(=O)c1c(C)n(C2CC2)c2cc(N3CCN(C(=O)OC(C)(C)C)CC3)c(F)cc2c1=O. The van der Waals surface area contributed by atoms with Gasteiger partial charge in [0.05, 0.1) is 17.8 Å². The number of hydrogen-bond acceptors (Lipinski definition) is 6. The van der Waals surface area contributed by atoms with Crippen molar-refractivity contribution in [3.05, 3.63) is 39.4 Å². The number of nitrogens with zero attached hydrogens (tertiary/aromatic N) is 3. The molecule has 1 amide bonds. The predicted octanol–water partition coefficient (Wildman–Crippen LogP) is 4.02. The van der Waals surface area contributed by atoms with E-state index in [0.29, 0.717) is 43.1 Å². The number of hydrogen-bond donors (Lipinski definition) is 0. The van der Waals surface area contributed by atoms with Crippen LogP contribution in [-0.2, 0) is 9.47 Å². The highest BCUT2D eigenvalue weighted by molar-refractivity contribution is 5.96. The average Bonchev–Trinajstić information content (AvgIpc) is 3.58. The van der Waals surface area contributed by atoms with Crippen molar-refractivity contribution in [2.24, 2.45) is 0 Å². The number of anilines is 1. The molecule has 4 rings (SSSR count). The lowest BCUT2D eigenvalue weighted by atomic mass is 10.1. The Morgan fingerprint density at radius 1 is 1.12 bits per heavy atom. The number of esters is 1. The molecule has 34 heavy (non-hydrogen) atoms. The molecule has 1 aliphatic heterocycles. The summed E-state index contributed by atoms with van der Waals surface area (Å²) in [6, 6.07) is 3.10. The molecule has 0 spiro atoms. The number of fused-ring (bicyclic) bond motifs is 1. The summed E-state index contributed by atoms with van der Waals surface area (Å²) in [4.78, 5) is 41.6. The second-order valence-electron chi connectivity index (χ2n) is 9.89. The first-order valence-corrected chi connectivity index (χ1v) is 11.8. The monoisotopic (exact) mass is 473 g/mol. The van der Waals surface area contributed by atoms with Gasteiger partial charge < -0.3 is 23.8 Å². The van der Waals surface area contributed by atoms with Crippen molar-refractivity contribution in [1.82, 2.24) is 9.47 Å². The Balaban J connectivity index is 1.69. The second kappa shape index (κ2) is 8.92. The third kappa shape index (κ3) is 4.60. The molecule has 2 aromatic rings. The zero-order chi connectivity index (χ0) is 24.8. The summed E-state index contributed by atoms with van der Waals surface area (Å²) < 4.78 is 27.8. The average molecular weight is 474 g/mol. The van der Waals surface area contributed by atoms with Crippen LogP contribution in [0.3, 0.4) is 0 Å². The van der Waals surface area contributed by atoms with Crippen LogP contribution >= 0.6 is 0 Å². The number of carbonyl (C=O) groups is 2. The van der Waals surface area contributed by atoms with Gasteiger partial charge in [-0.3, -0.25) is 4.79 Å². The van der Waals surface area contributed by atoms with Crippen molar-refractivity contribution in [2.75, 3.05) is 37.7 Å². The van der Waals surface area contributed by atoms with Crippen molar-refractivity contribution < 1.29 is 23.5 Å². The molecule has 2 aliphatic rings. The highest BCUT2D eigenvalue weighted by atomic mass is 19.1. The van der Waals surface area contributed by atoms with Gasteiger partial charge in [0.1, 0.15) is 17.0 Å². The van der Waals surface area contributed by atoms with E-state index in [1.165, 1.54) is 6.07 Å². The number of halogens is 1. The molecule has 8 nitrogen and oxygen atoms in total. The number of rotatable bonds is 4. The normalized spacial score (nSPS) is 16.6. The van der Waals surface area contributed by atoms with Gasteiger partial charge in [-0.05, 0) is 59.6 Å². The quantitative estimate of drug-likeness (QED) is 0.624. The van der Waals surface area contributed by atoms with E-state index in [0.717, 1.165) is 12.8 Å². The maximum atomic E-state index is 15.3. The lowest BCUT2D eigenvalue weighted by Crippen LogP contribution is -2.50. The number of aromatic nitrogens is 1. The highest BCUT2D eigenvalue weighted by Crippen LogP contribution is 2.39. The van der Waals surface area contributed by atoms with E-state index in [2.05, 4.69) is 0 Å². The molecule has 0 radical (unpaired) electrons. The van der Waals surface area contributed by atoms with E-state index >= 15 is 4.39 Å². The lowest BCUT2D eigenvalue weighted by molar-refractivity contribution is 0.0240. The summed E-state index contributed by atoms with van der Waals surface area (Å²) in [6.45, 7) is 10.7. The fraction of sp³-hybridized carbons (Fsp3) is 0.560. The Labute approximate surface area is 198 Å². The van der Waals surface area contributed by atoms with E-state index in [4.69, 9.17) is 9.47 Å². The van der Waals surface area contributed by atoms with Crippen LogP contribution in [0.15, 0.2) is 16.9 Å². The summed E-state index contributed by atoms with van der Waals surface area (Å²) in [6.07, 6.45) is 1.49. The molecular formula is C25H32FN3O5. The number of carbonyl (C=O) groups excluding carboxylic acids is 2. The molecule has 0 unspecified atom stereocenters. The minimum Gasteiger partial charge on any atom is -0.462 e. The largest absolute Gasteiger partial charge is 0.462 e. The van der Waals surface area contributed by atoms with E-state index in [1.807, 2.05) is 30.2 Å². The molecule has 2 heterocycles. The van der Waals surface area contributed by atoms with Crippen molar-refractivity contribution in [2.45, 2.75) is 59.1 Å². The van der Waals surface area contributed by atoms with Gasteiger partial charge in [-0.15, -0.1) is 0 Å². The smallest absolute Gasteiger partial charge is 0.410 e. The van der Waals surface area contributed by atoms with Gasteiger partial charge in [0, 0.05) is 43.3 Å². The van der Waals surface area contributed by atoms with E-state index in [9.17, 15) is 14.4 Å². The van der Waals surface area contributed by atoms with Gasteiger partial charge >= 0.3 is 12.1 Å². The number of pyridine rings is 1. The number of amides is 1. The molecule has 9 heteroatoms. The number of piperazine rings is 1. The molecule has 184 valence electrons. The second-order valence-corrected chi connectivity index (χ2v) is 9.89. The highest BCUT2D eigenvalue weighted by Gasteiger charge is 2.32. The Hall–Kier alpha value is -3.10. The predicted molar refractivity (Wildman–Crippen MR) is 127 cm³/mol. The lowest BCUT2D eigenvalue weighted by Gasteiger charge is -2.37. The van der Waals surface area contributed by atoms with Gasteiger partial charge in [-0.1, -0.05) is 0 Å². The first kappa shape index (κ1) is 24.0. The summed E-state index contributed by atoms with van der Waals surface area (Å²) >= 11 is 0. The van der Waals surface area contributed by atoms with Crippen LogP contribution in [-0.4, -0.2) is 59.9 Å².